The maximum absolute atomic E-state index is 12.3. The van der Waals surface area contributed by atoms with Crippen molar-refractivity contribution in [1.82, 2.24) is 14.9 Å². The van der Waals surface area contributed by atoms with Crippen molar-refractivity contribution in [2.24, 2.45) is 0 Å². The first-order valence-electron chi connectivity index (χ1n) is 7.52. The Morgan fingerprint density at radius 1 is 1.00 bits per heavy atom. The molecule has 2 amide bonds. The third-order valence-electron chi connectivity index (χ3n) is 3.72. The zero-order chi connectivity index (χ0) is 16.9. The van der Waals surface area contributed by atoms with Crippen molar-refractivity contribution in [3.8, 4) is 0 Å². The molecule has 1 fully saturated rings. The molecule has 0 radical (unpaired) electrons. The van der Waals surface area contributed by atoms with Gasteiger partial charge in [0.05, 0.1) is 5.69 Å². The summed E-state index contributed by atoms with van der Waals surface area (Å²) in [5.74, 6) is -0.520. The summed E-state index contributed by atoms with van der Waals surface area (Å²) in [6.07, 6.45) is 3.37. The molecule has 1 aliphatic heterocycles. The van der Waals surface area contributed by atoms with Crippen LogP contribution in [-0.2, 0) is 9.59 Å². The van der Waals surface area contributed by atoms with E-state index in [0.717, 1.165) is 4.47 Å². The number of rotatable bonds is 2. The van der Waals surface area contributed by atoms with Gasteiger partial charge in [-0.25, -0.2) is 9.97 Å². The number of benzene rings is 1. The number of para-hydroxylation sites is 1. The first kappa shape index (κ1) is 16.4. The van der Waals surface area contributed by atoms with E-state index in [2.05, 4.69) is 31.2 Å². The number of piperazine rings is 1. The third-order valence-corrected chi connectivity index (χ3v) is 4.41. The number of amides is 2. The molecule has 7 nitrogen and oxygen atoms in total. The van der Waals surface area contributed by atoms with Crippen molar-refractivity contribution in [3.63, 3.8) is 0 Å². The molecule has 1 aliphatic rings. The lowest BCUT2D eigenvalue weighted by molar-refractivity contribution is -0.143. The van der Waals surface area contributed by atoms with Crippen LogP contribution >= 0.6 is 15.9 Å². The molecule has 0 bridgehead atoms. The summed E-state index contributed by atoms with van der Waals surface area (Å²) in [5.41, 5.74) is 0.576. The summed E-state index contributed by atoms with van der Waals surface area (Å²) in [4.78, 5) is 36.4. The topological polar surface area (TPSA) is 78.4 Å². The number of aromatic nitrogens is 2. The van der Waals surface area contributed by atoms with Crippen molar-refractivity contribution in [2.45, 2.75) is 0 Å². The molecular weight excluding hydrogens is 374 g/mol. The minimum atomic E-state index is -0.633. The highest BCUT2D eigenvalue weighted by atomic mass is 79.9. The highest BCUT2D eigenvalue weighted by Crippen LogP contribution is 2.21. The van der Waals surface area contributed by atoms with Crippen LogP contribution in [0.1, 0.15) is 0 Å². The molecule has 24 heavy (non-hydrogen) atoms. The Morgan fingerprint density at radius 2 is 1.67 bits per heavy atom. The first-order valence-corrected chi connectivity index (χ1v) is 8.31. The summed E-state index contributed by atoms with van der Waals surface area (Å²) in [5, 5.41) is 2.63. The predicted molar refractivity (Wildman–Crippen MR) is 93.6 cm³/mol. The molecule has 3 rings (SSSR count). The molecular formula is C16H16BrN5O2. The van der Waals surface area contributed by atoms with E-state index in [9.17, 15) is 9.59 Å². The SMILES string of the molecule is O=C(Nc1ccccc1Br)C(=O)N1CCN(c2ncccn2)CC1. The van der Waals surface area contributed by atoms with Crippen molar-refractivity contribution < 1.29 is 9.59 Å². The van der Waals surface area contributed by atoms with Gasteiger partial charge in [-0.1, -0.05) is 12.1 Å². The van der Waals surface area contributed by atoms with Crippen molar-refractivity contribution in [2.75, 3.05) is 36.4 Å². The van der Waals surface area contributed by atoms with Gasteiger partial charge >= 0.3 is 11.8 Å². The maximum atomic E-state index is 12.3. The van der Waals surface area contributed by atoms with E-state index in [4.69, 9.17) is 0 Å². The molecule has 124 valence electrons. The van der Waals surface area contributed by atoms with Gasteiger partial charge in [-0.2, -0.15) is 0 Å². The molecule has 0 saturated carbocycles. The normalized spacial score (nSPS) is 14.4. The third kappa shape index (κ3) is 3.70. The highest BCUT2D eigenvalue weighted by molar-refractivity contribution is 9.10. The molecule has 1 saturated heterocycles. The summed E-state index contributed by atoms with van der Waals surface area (Å²) < 4.78 is 0.734. The van der Waals surface area contributed by atoms with Gasteiger partial charge in [0.2, 0.25) is 5.95 Å². The van der Waals surface area contributed by atoms with E-state index in [1.807, 2.05) is 11.0 Å². The fourth-order valence-corrected chi connectivity index (χ4v) is 2.83. The standard InChI is InChI=1S/C16H16BrN5O2/c17-12-4-1-2-5-13(12)20-14(23)15(24)21-8-10-22(11-9-21)16-18-6-3-7-19-16/h1-7H,8-11H2,(H,20,23). The molecule has 0 unspecified atom stereocenters. The second kappa shape index (κ2) is 7.39. The predicted octanol–water partition coefficient (Wildman–Crippen LogP) is 1.53. The Kier molecular flexibility index (Phi) is 5.05. The van der Waals surface area contributed by atoms with Crippen LogP contribution in [0.5, 0.6) is 0 Å². The second-order valence-corrected chi connectivity index (χ2v) is 6.12. The minimum absolute atomic E-state index is 0.459. The van der Waals surface area contributed by atoms with Crippen LogP contribution in [-0.4, -0.2) is 52.9 Å². The number of nitrogens with one attached hydrogen (secondary N) is 1. The average molecular weight is 390 g/mol. The van der Waals surface area contributed by atoms with Gasteiger partial charge in [0, 0.05) is 43.0 Å². The lowest BCUT2D eigenvalue weighted by atomic mass is 10.3. The van der Waals surface area contributed by atoms with E-state index in [1.54, 1.807) is 41.6 Å². The molecule has 0 atom stereocenters. The molecule has 2 aromatic rings. The molecule has 1 aromatic heterocycles. The summed E-state index contributed by atoms with van der Waals surface area (Å²) in [7, 11) is 0. The number of carbonyl (C=O) groups excluding carboxylic acids is 2. The van der Waals surface area contributed by atoms with Crippen LogP contribution in [0.2, 0.25) is 0 Å². The Morgan fingerprint density at radius 3 is 2.33 bits per heavy atom. The van der Waals surface area contributed by atoms with Crippen LogP contribution in [0.3, 0.4) is 0 Å². The van der Waals surface area contributed by atoms with Crippen molar-refractivity contribution in [1.29, 1.82) is 0 Å². The quantitative estimate of drug-likeness (QED) is 0.787. The van der Waals surface area contributed by atoms with Gasteiger partial charge in [0.15, 0.2) is 0 Å². The highest BCUT2D eigenvalue weighted by Gasteiger charge is 2.27. The summed E-state index contributed by atoms with van der Waals surface area (Å²) in [6.45, 7) is 2.11. The van der Waals surface area contributed by atoms with Crippen LogP contribution in [0, 0.1) is 0 Å². The number of halogens is 1. The molecule has 0 spiro atoms. The number of carbonyl (C=O) groups is 2. The van der Waals surface area contributed by atoms with Crippen molar-refractivity contribution >= 4 is 39.4 Å². The smallest absolute Gasteiger partial charge is 0.313 e. The maximum Gasteiger partial charge on any atom is 0.313 e. The molecule has 8 heteroatoms. The lowest BCUT2D eigenvalue weighted by Gasteiger charge is -2.34. The molecule has 0 aliphatic carbocycles. The van der Waals surface area contributed by atoms with E-state index >= 15 is 0 Å². The van der Waals surface area contributed by atoms with Gasteiger partial charge in [-0.15, -0.1) is 0 Å². The fourth-order valence-electron chi connectivity index (χ4n) is 2.45. The Labute approximate surface area is 147 Å². The Bertz CT molecular complexity index is 732. The second-order valence-electron chi connectivity index (χ2n) is 5.26. The van der Waals surface area contributed by atoms with Gasteiger partial charge < -0.3 is 15.1 Å². The van der Waals surface area contributed by atoms with Gasteiger partial charge in [-0.3, -0.25) is 9.59 Å². The van der Waals surface area contributed by atoms with Gasteiger partial charge in [-0.05, 0) is 34.1 Å². The zero-order valence-electron chi connectivity index (χ0n) is 12.9. The molecule has 1 N–H and O–H groups in total. The average Bonchev–Trinajstić information content (AvgIpc) is 2.64. The lowest BCUT2D eigenvalue weighted by Crippen LogP contribution is -2.52. The molecule has 2 heterocycles. The first-order chi connectivity index (χ1) is 11.6. The number of hydrogen-bond donors (Lipinski definition) is 1. The van der Waals surface area contributed by atoms with Gasteiger partial charge in [0.25, 0.3) is 0 Å². The van der Waals surface area contributed by atoms with Crippen LogP contribution in [0.25, 0.3) is 0 Å². The van der Waals surface area contributed by atoms with Crippen LogP contribution < -0.4 is 10.2 Å². The van der Waals surface area contributed by atoms with E-state index < -0.39 is 11.8 Å². The van der Waals surface area contributed by atoms with E-state index in [1.165, 1.54) is 0 Å². The van der Waals surface area contributed by atoms with Crippen LogP contribution in [0.4, 0.5) is 11.6 Å². The largest absolute Gasteiger partial charge is 0.337 e. The van der Waals surface area contributed by atoms with Crippen molar-refractivity contribution in [3.05, 3.63) is 47.2 Å². The zero-order valence-corrected chi connectivity index (χ0v) is 14.4. The fraction of sp³-hybridized carbons (Fsp3) is 0.250. The monoisotopic (exact) mass is 389 g/mol. The summed E-state index contributed by atoms with van der Waals surface area (Å²) in [6, 6.07) is 8.93. The van der Waals surface area contributed by atoms with E-state index in [0.29, 0.717) is 37.8 Å². The minimum Gasteiger partial charge on any atom is -0.337 e. The number of nitrogens with zero attached hydrogens (tertiary/aromatic N) is 4. The molecule has 1 aromatic carbocycles. The Hall–Kier alpha value is -2.48. The Balaban J connectivity index is 1.57. The summed E-state index contributed by atoms with van der Waals surface area (Å²) >= 11 is 3.34. The van der Waals surface area contributed by atoms with Gasteiger partial charge in [0.1, 0.15) is 0 Å². The number of anilines is 2. The number of hydrogen-bond acceptors (Lipinski definition) is 5. The van der Waals surface area contributed by atoms with E-state index in [-0.39, 0.29) is 0 Å². The van der Waals surface area contributed by atoms with Crippen LogP contribution in [0.15, 0.2) is 47.2 Å².